The van der Waals surface area contributed by atoms with Crippen molar-refractivity contribution in [3.05, 3.63) is 35.5 Å². The summed E-state index contributed by atoms with van der Waals surface area (Å²) in [4.78, 5) is 61.5. The maximum absolute atomic E-state index is 12.9. The second-order valence-electron chi connectivity index (χ2n) is 10.5. The molecule has 2 aliphatic carbocycles. The summed E-state index contributed by atoms with van der Waals surface area (Å²) in [5, 5.41) is 12.3. The molecule has 0 unspecified atom stereocenters. The Balaban J connectivity index is 2.39. The van der Waals surface area contributed by atoms with Crippen molar-refractivity contribution in [2.45, 2.75) is 84.9 Å². The molecule has 1 fully saturated rings. The molecule has 11 heteroatoms. The van der Waals surface area contributed by atoms with Crippen LogP contribution in [0, 0.1) is 17.3 Å². The van der Waals surface area contributed by atoms with Gasteiger partial charge in [-0.15, -0.1) is 0 Å². The van der Waals surface area contributed by atoms with Crippen LogP contribution in [0.2, 0.25) is 0 Å². The van der Waals surface area contributed by atoms with Crippen molar-refractivity contribution in [2.24, 2.45) is 17.3 Å². The lowest BCUT2D eigenvalue weighted by Crippen LogP contribution is -2.65. The van der Waals surface area contributed by atoms with Gasteiger partial charge in [-0.1, -0.05) is 24.6 Å². The van der Waals surface area contributed by atoms with E-state index in [9.17, 15) is 29.1 Å². The van der Waals surface area contributed by atoms with E-state index in [0.717, 1.165) is 0 Å². The number of carbonyl (C=O) groups is 5. The van der Waals surface area contributed by atoms with Gasteiger partial charge in [0.1, 0.15) is 24.9 Å². The highest BCUT2D eigenvalue weighted by atomic mass is 16.6. The van der Waals surface area contributed by atoms with E-state index < -0.39 is 77.1 Å². The second kappa shape index (κ2) is 11.3. The fourth-order valence-electron chi connectivity index (χ4n) is 5.90. The van der Waals surface area contributed by atoms with Gasteiger partial charge in [0.05, 0.1) is 11.3 Å². The standard InChI is InChI=1S/C28H36O11/c1-14-8-10-21(36-17(4)30)27(7)22(37-18(5)31)11-9-20(13-35-16(3)29)12-23-28(34,15(2)26(33)39-23)25(24(14)27)38-19(6)32/h8-9,11-12,15,21-25,34H,10,13H2,1-7H3/b11-9+,20-12+/t15-,21-,22-,23-,24+,25-,27+,28-/m0/s1. The normalized spacial score (nSPS) is 37.9. The third kappa shape index (κ3) is 5.78. The van der Waals surface area contributed by atoms with E-state index in [1.54, 1.807) is 32.1 Å². The van der Waals surface area contributed by atoms with Crippen LogP contribution in [0.15, 0.2) is 35.5 Å². The van der Waals surface area contributed by atoms with Crippen LogP contribution in [-0.2, 0) is 47.7 Å². The van der Waals surface area contributed by atoms with Crippen molar-refractivity contribution in [3.8, 4) is 0 Å². The molecule has 8 atom stereocenters. The Hall–Kier alpha value is -3.47. The van der Waals surface area contributed by atoms with Crippen molar-refractivity contribution >= 4 is 29.8 Å². The molecule has 0 amide bonds. The van der Waals surface area contributed by atoms with Gasteiger partial charge in [-0.05, 0) is 31.6 Å². The molecule has 0 aromatic rings. The topological polar surface area (TPSA) is 152 Å². The second-order valence-corrected chi connectivity index (χ2v) is 10.5. The predicted octanol–water partition coefficient (Wildman–Crippen LogP) is 2.11. The summed E-state index contributed by atoms with van der Waals surface area (Å²) in [5.41, 5.74) is -2.41. The van der Waals surface area contributed by atoms with Crippen LogP contribution in [-0.4, -0.2) is 71.6 Å². The molecule has 0 spiro atoms. The number of esters is 5. The molecular formula is C28H36O11. The molecule has 0 aromatic carbocycles. The molecule has 0 bridgehead atoms. The molecule has 0 saturated carbocycles. The SMILES string of the molecule is CC(=O)OCC1=C/[C@@H]2OC(=O)[C@H](C)[C@@]2(O)[C@@H](OC(C)=O)[C@H]2C(C)=CC[C@H](OC(C)=O)[C@]2(C)[C@@H](OC(C)=O)\C=C\1. The molecule has 11 nitrogen and oxygen atoms in total. The zero-order chi connectivity index (χ0) is 29.3. The van der Waals surface area contributed by atoms with Gasteiger partial charge in [0.15, 0.2) is 11.7 Å². The highest BCUT2D eigenvalue weighted by molar-refractivity contribution is 5.78. The predicted molar refractivity (Wildman–Crippen MR) is 134 cm³/mol. The van der Waals surface area contributed by atoms with Crippen molar-refractivity contribution in [1.82, 2.24) is 0 Å². The van der Waals surface area contributed by atoms with E-state index >= 15 is 0 Å². The maximum Gasteiger partial charge on any atom is 0.312 e. The first-order valence-electron chi connectivity index (χ1n) is 12.8. The largest absolute Gasteiger partial charge is 0.461 e. The van der Waals surface area contributed by atoms with Gasteiger partial charge in [-0.3, -0.25) is 24.0 Å². The summed E-state index contributed by atoms with van der Waals surface area (Å²) in [6.07, 6.45) is 1.93. The summed E-state index contributed by atoms with van der Waals surface area (Å²) in [5.74, 6) is -5.30. The minimum Gasteiger partial charge on any atom is -0.461 e. The lowest BCUT2D eigenvalue weighted by Gasteiger charge is -2.53. The van der Waals surface area contributed by atoms with Gasteiger partial charge < -0.3 is 28.8 Å². The van der Waals surface area contributed by atoms with Crippen LogP contribution < -0.4 is 0 Å². The van der Waals surface area contributed by atoms with Gasteiger partial charge in [0.25, 0.3) is 0 Å². The Bertz CT molecular complexity index is 1130. The lowest BCUT2D eigenvalue weighted by molar-refractivity contribution is -0.211. The molecule has 1 heterocycles. The van der Waals surface area contributed by atoms with Gasteiger partial charge in [-0.2, -0.15) is 0 Å². The van der Waals surface area contributed by atoms with Gasteiger partial charge >= 0.3 is 29.8 Å². The summed E-state index contributed by atoms with van der Waals surface area (Å²) >= 11 is 0. The number of aliphatic hydroxyl groups is 1. The molecule has 1 aliphatic heterocycles. The van der Waals surface area contributed by atoms with Crippen molar-refractivity contribution in [1.29, 1.82) is 0 Å². The molecule has 0 radical (unpaired) electrons. The van der Waals surface area contributed by atoms with Gasteiger partial charge in [0.2, 0.25) is 0 Å². The molecule has 3 rings (SSSR count). The third-order valence-electron chi connectivity index (χ3n) is 7.81. The number of hydrogen-bond acceptors (Lipinski definition) is 11. The Kier molecular flexibility index (Phi) is 8.74. The summed E-state index contributed by atoms with van der Waals surface area (Å²) < 4.78 is 28.1. The van der Waals surface area contributed by atoms with Crippen LogP contribution in [0.5, 0.6) is 0 Å². The van der Waals surface area contributed by atoms with Crippen molar-refractivity contribution in [3.63, 3.8) is 0 Å². The van der Waals surface area contributed by atoms with E-state index in [4.69, 9.17) is 23.7 Å². The Morgan fingerprint density at radius 3 is 2.21 bits per heavy atom. The maximum atomic E-state index is 12.9. The number of carbonyl (C=O) groups excluding carboxylic acids is 5. The minimum absolute atomic E-state index is 0.248. The molecular weight excluding hydrogens is 512 g/mol. The van der Waals surface area contributed by atoms with E-state index in [1.165, 1.54) is 40.7 Å². The molecule has 39 heavy (non-hydrogen) atoms. The van der Waals surface area contributed by atoms with Crippen LogP contribution >= 0.6 is 0 Å². The zero-order valence-corrected chi connectivity index (χ0v) is 23.2. The van der Waals surface area contributed by atoms with E-state index in [1.807, 2.05) is 0 Å². The zero-order valence-electron chi connectivity index (χ0n) is 23.2. The highest BCUT2D eigenvalue weighted by Gasteiger charge is 2.66. The smallest absolute Gasteiger partial charge is 0.312 e. The van der Waals surface area contributed by atoms with Crippen LogP contribution in [0.25, 0.3) is 0 Å². The number of fused-ring (bicyclic) bond motifs is 2. The fourth-order valence-corrected chi connectivity index (χ4v) is 5.90. The Morgan fingerprint density at radius 1 is 1.03 bits per heavy atom. The van der Waals surface area contributed by atoms with Crippen LogP contribution in [0.1, 0.15) is 54.9 Å². The monoisotopic (exact) mass is 548 g/mol. The lowest BCUT2D eigenvalue weighted by atomic mass is 9.56. The summed E-state index contributed by atoms with van der Waals surface area (Å²) in [6, 6.07) is 0. The average molecular weight is 549 g/mol. The van der Waals surface area contributed by atoms with E-state index in [0.29, 0.717) is 11.1 Å². The number of rotatable bonds is 5. The molecule has 1 N–H and O–H groups in total. The first kappa shape index (κ1) is 30.1. The van der Waals surface area contributed by atoms with Gasteiger partial charge in [0, 0.05) is 40.0 Å². The van der Waals surface area contributed by atoms with Crippen LogP contribution in [0.4, 0.5) is 0 Å². The van der Waals surface area contributed by atoms with Crippen LogP contribution in [0.3, 0.4) is 0 Å². The molecule has 0 aromatic heterocycles. The third-order valence-corrected chi connectivity index (χ3v) is 7.81. The highest BCUT2D eigenvalue weighted by Crippen LogP contribution is 2.54. The van der Waals surface area contributed by atoms with Crippen molar-refractivity contribution in [2.75, 3.05) is 6.61 Å². The molecule has 1 saturated heterocycles. The quantitative estimate of drug-likeness (QED) is 0.305. The fraction of sp³-hybridized carbons (Fsp3) is 0.607. The minimum atomic E-state index is -2.10. The van der Waals surface area contributed by atoms with E-state index in [-0.39, 0.29) is 13.0 Å². The number of hydrogen-bond donors (Lipinski definition) is 1. The van der Waals surface area contributed by atoms with Gasteiger partial charge in [-0.25, -0.2) is 0 Å². The Morgan fingerprint density at radius 2 is 1.64 bits per heavy atom. The number of ether oxygens (including phenoxy) is 5. The first-order chi connectivity index (χ1) is 18.1. The first-order valence-corrected chi connectivity index (χ1v) is 12.8. The Labute approximate surface area is 227 Å². The molecule has 214 valence electrons. The van der Waals surface area contributed by atoms with Crippen molar-refractivity contribution < 1.29 is 52.8 Å². The van der Waals surface area contributed by atoms with E-state index in [2.05, 4.69) is 0 Å². The average Bonchev–Trinajstić information content (AvgIpc) is 3.03. The summed E-state index contributed by atoms with van der Waals surface area (Å²) in [6.45, 7) is 9.58. The molecule has 3 aliphatic rings. The summed E-state index contributed by atoms with van der Waals surface area (Å²) in [7, 11) is 0.